The van der Waals surface area contributed by atoms with E-state index in [4.69, 9.17) is 14.1 Å². The number of thioether (sulfide) groups is 1. The third-order valence-electron chi connectivity index (χ3n) is 5.68. The average molecular weight is 471 g/mol. The van der Waals surface area contributed by atoms with Crippen LogP contribution in [0.5, 0.6) is 5.75 Å². The number of hydrogen-bond acceptors (Lipinski definition) is 6. The Hall–Kier alpha value is -3.84. The van der Waals surface area contributed by atoms with Crippen LogP contribution in [0.25, 0.3) is 21.9 Å². The molecule has 0 unspecified atom stereocenters. The van der Waals surface area contributed by atoms with Crippen LogP contribution < -0.4 is 15.9 Å². The molecule has 0 spiro atoms. The van der Waals surface area contributed by atoms with E-state index in [1.54, 1.807) is 23.8 Å². The fourth-order valence-corrected chi connectivity index (χ4v) is 4.86. The molecule has 0 amide bonds. The summed E-state index contributed by atoms with van der Waals surface area (Å²) in [6, 6.07) is 22.4. The summed E-state index contributed by atoms with van der Waals surface area (Å²) in [6.45, 7) is 2.44. The van der Waals surface area contributed by atoms with Gasteiger partial charge in [0.15, 0.2) is 5.16 Å². The first-order valence-corrected chi connectivity index (χ1v) is 11.8. The van der Waals surface area contributed by atoms with Crippen LogP contribution >= 0.6 is 11.8 Å². The molecule has 0 radical (unpaired) electrons. The molecule has 0 saturated heterocycles. The van der Waals surface area contributed by atoms with Crippen molar-refractivity contribution in [2.24, 2.45) is 0 Å². The molecule has 7 heteroatoms. The van der Waals surface area contributed by atoms with Crippen molar-refractivity contribution in [3.8, 4) is 5.75 Å². The summed E-state index contributed by atoms with van der Waals surface area (Å²) in [7, 11) is 1.57. The van der Waals surface area contributed by atoms with E-state index in [-0.39, 0.29) is 5.56 Å². The van der Waals surface area contributed by atoms with Crippen LogP contribution in [0.4, 0.5) is 0 Å². The quantitative estimate of drug-likeness (QED) is 0.194. The number of fused-ring (bicyclic) bond motifs is 2. The monoisotopic (exact) mass is 470 g/mol. The van der Waals surface area contributed by atoms with Crippen molar-refractivity contribution in [1.82, 2.24) is 9.55 Å². The van der Waals surface area contributed by atoms with Crippen molar-refractivity contribution >= 4 is 33.6 Å². The predicted octanol–water partition coefficient (Wildman–Crippen LogP) is 5.16. The predicted molar refractivity (Wildman–Crippen MR) is 135 cm³/mol. The normalized spacial score (nSPS) is 11.2. The molecule has 0 aliphatic rings. The highest BCUT2D eigenvalue weighted by Gasteiger charge is 2.14. The molecule has 5 rings (SSSR count). The zero-order valence-corrected chi connectivity index (χ0v) is 19.6. The van der Waals surface area contributed by atoms with Crippen LogP contribution in [-0.4, -0.2) is 16.7 Å². The number of methoxy groups -OCH3 is 1. The van der Waals surface area contributed by atoms with Gasteiger partial charge in [0, 0.05) is 23.3 Å². The van der Waals surface area contributed by atoms with Crippen molar-refractivity contribution in [3.63, 3.8) is 0 Å². The van der Waals surface area contributed by atoms with Crippen LogP contribution in [0.1, 0.15) is 16.7 Å². The van der Waals surface area contributed by atoms with Gasteiger partial charge in [0.2, 0.25) is 0 Å². The molecule has 5 aromatic rings. The fourth-order valence-electron chi connectivity index (χ4n) is 3.87. The number of ether oxygens (including phenoxy) is 1. The van der Waals surface area contributed by atoms with Crippen molar-refractivity contribution in [2.45, 2.75) is 24.4 Å². The molecule has 6 nitrogen and oxygen atoms in total. The largest absolute Gasteiger partial charge is 0.497 e. The summed E-state index contributed by atoms with van der Waals surface area (Å²) in [5.41, 5.74) is 3.58. The molecule has 0 aliphatic carbocycles. The number of aromatic nitrogens is 2. The van der Waals surface area contributed by atoms with E-state index < -0.39 is 5.63 Å². The Bertz CT molecular complexity index is 1620. The van der Waals surface area contributed by atoms with E-state index in [1.165, 1.54) is 17.8 Å². The lowest BCUT2D eigenvalue weighted by Crippen LogP contribution is -2.24. The number of rotatable bonds is 6. The van der Waals surface area contributed by atoms with Crippen LogP contribution in [0, 0.1) is 6.92 Å². The van der Waals surface area contributed by atoms with Crippen LogP contribution in [0.2, 0.25) is 0 Å². The zero-order chi connectivity index (χ0) is 23.7. The van der Waals surface area contributed by atoms with Gasteiger partial charge in [0.25, 0.3) is 5.56 Å². The van der Waals surface area contributed by atoms with Gasteiger partial charge in [-0.25, -0.2) is 9.78 Å². The Morgan fingerprint density at radius 1 is 0.971 bits per heavy atom. The number of aryl methyl sites for hydroxylation is 1. The first-order chi connectivity index (χ1) is 16.5. The topological polar surface area (TPSA) is 74.3 Å². The lowest BCUT2D eigenvalue weighted by molar-refractivity contribution is 0.414. The molecule has 0 N–H and O–H groups in total. The Kier molecular flexibility index (Phi) is 5.94. The molecule has 0 fully saturated rings. The smallest absolute Gasteiger partial charge is 0.336 e. The van der Waals surface area contributed by atoms with Crippen LogP contribution in [0.3, 0.4) is 0 Å². The standard InChI is InChI=1S/C27H22N2O4S/c1-17-7-9-18(10-8-17)15-29-26(31)22-5-3-4-6-23(22)28-27(29)34-16-19-13-25(30)33-24-14-20(32-2)11-12-21(19)24/h3-14H,15-16H2,1-2H3. The maximum absolute atomic E-state index is 13.4. The average Bonchev–Trinajstić information content (AvgIpc) is 2.85. The Balaban J connectivity index is 1.56. The van der Waals surface area contributed by atoms with Gasteiger partial charge in [-0.2, -0.15) is 0 Å². The lowest BCUT2D eigenvalue weighted by atomic mass is 10.1. The fraction of sp³-hybridized carbons (Fsp3) is 0.148. The van der Waals surface area contributed by atoms with Gasteiger partial charge in [0.05, 0.1) is 24.6 Å². The summed E-state index contributed by atoms with van der Waals surface area (Å²) in [5, 5.41) is 2.00. The van der Waals surface area contributed by atoms with Crippen molar-refractivity contribution < 1.29 is 9.15 Å². The molecule has 2 aromatic heterocycles. The molecule has 3 aromatic carbocycles. The molecule has 34 heavy (non-hydrogen) atoms. The third kappa shape index (κ3) is 4.34. The van der Waals surface area contributed by atoms with E-state index in [0.717, 1.165) is 22.1 Å². The molecule has 0 bridgehead atoms. The number of nitrogens with zero attached hydrogens (tertiary/aromatic N) is 2. The van der Waals surface area contributed by atoms with Gasteiger partial charge in [-0.3, -0.25) is 9.36 Å². The number of hydrogen-bond donors (Lipinski definition) is 0. The van der Waals surface area contributed by atoms with Gasteiger partial charge < -0.3 is 9.15 Å². The van der Waals surface area contributed by atoms with Gasteiger partial charge in [-0.15, -0.1) is 0 Å². The molecular weight excluding hydrogens is 448 g/mol. The van der Waals surface area contributed by atoms with Gasteiger partial charge in [0.1, 0.15) is 11.3 Å². The maximum Gasteiger partial charge on any atom is 0.336 e. The zero-order valence-electron chi connectivity index (χ0n) is 18.8. The molecule has 0 saturated carbocycles. The van der Waals surface area contributed by atoms with Gasteiger partial charge in [-0.05, 0) is 42.3 Å². The molecule has 0 atom stereocenters. The number of benzene rings is 3. The first kappa shape index (κ1) is 22.0. The third-order valence-corrected chi connectivity index (χ3v) is 6.71. The Morgan fingerprint density at radius 2 is 1.76 bits per heavy atom. The second-order valence-corrected chi connectivity index (χ2v) is 8.97. The van der Waals surface area contributed by atoms with E-state index in [0.29, 0.717) is 39.7 Å². The van der Waals surface area contributed by atoms with E-state index >= 15 is 0 Å². The lowest BCUT2D eigenvalue weighted by Gasteiger charge is -2.14. The van der Waals surface area contributed by atoms with E-state index in [2.05, 4.69) is 0 Å². The summed E-state index contributed by atoms with van der Waals surface area (Å²) < 4.78 is 12.3. The minimum absolute atomic E-state index is 0.0872. The maximum atomic E-state index is 13.4. The molecule has 170 valence electrons. The second-order valence-electron chi connectivity index (χ2n) is 8.03. The Labute approximate surface area is 199 Å². The first-order valence-electron chi connectivity index (χ1n) is 10.8. The van der Waals surface area contributed by atoms with E-state index in [9.17, 15) is 9.59 Å². The second kappa shape index (κ2) is 9.19. The summed E-state index contributed by atoms with van der Waals surface area (Å²) in [5.74, 6) is 1.07. The van der Waals surface area contributed by atoms with E-state index in [1.807, 2.05) is 61.5 Å². The summed E-state index contributed by atoms with van der Waals surface area (Å²) in [6.07, 6.45) is 0. The minimum Gasteiger partial charge on any atom is -0.497 e. The minimum atomic E-state index is -0.431. The summed E-state index contributed by atoms with van der Waals surface area (Å²) >= 11 is 1.43. The highest BCUT2D eigenvalue weighted by atomic mass is 32.2. The highest BCUT2D eigenvalue weighted by Crippen LogP contribution is 2.28. The van der Waals surface area contributed by atoms with Crippen LogP contribution in [0.15, 0.2) is 92.0 Å². The Morgan fingerprint density at radius 3 is 2.56 bits per heavy atom. The van der Waals surface area contributed by atoms with Gasteiger partial charge in [-0.1, -0.05) is 53.7 Å². The SMILES string of the molecule is COc1ccc2c(CSc3nc4ccccc4c(=O)n3Cc3ccc(C)cc3)cc(=O)oc2c1. The van der Waals surface area contributed by atoms with Crippen LogP contribution in [-0.2, 0) is 12.3 Å². The molecule has 0 aliphatic heterocycles. The van der Waals surface area contributed by atoms with Crippen molar-refractivity contribution in [2.75, 3.05) is 7.11 Å². The van der Waals surface area contributed by atoms with Crippen molar-refractivity contribution in [3.05, 3.63) is 110 Å². The van der Waals surface area contributed by atoms with Gasteiger partial charge >= 0.3 is 5.63 Å². The highest BCUT2D eigenvalue weighted by molar-refractivity contribution is 7.98. The number of para-hydroxylation sites is 1. The van der Waals surface area contributed by atoms with Crippen molar-refractivity contribution in [1.29, 1.82) is 0 Å². The molecule has 2 heterocycles. The molecular formula is C27H22N2O4S. The summed E-state index contributed by atoms with van der Waals surface area (Å²) in [4.78, 5) is 30.4.